The Bertz CT molecular complexity index is 697. The summed E-state index contributed by atoms with van der Waals surface area (Å²) < 4.78 is 27.2. The molecule has 0 aliphatic heterocycles. The van der Waals surface area contributed by atoms with Gasteiger partial charge in [-0.05, 0) is 49.2 Å². The van der Waals surface area contributed by atoms with Gasteiger partial charge in [-0.25, -0.2) is 8.42 Å². The van der Waals surface area contributed by atoms with Gasteiger partial charge in [0.05, 0.1) is 10.6 Å². The highest BCUT2D eigenvalue weighted by Gasteiger charge is 2.14. The van der Waals surface area contributed by atoms with Gasteiger partial charge in [0.1, 0.15) is 0 Å². The van der Waals surface area contributed by atoms with Crippen LogP contribution in [0.2, 0.25) is 0 Å². The van der Waals surface area contributed by atoms with E-state index in [-0.39, 0.29) is 4.90 Å². The minimum absolute atomic E-state index is 0.237. The maximum atomic E-state index is 12.3. The molecular formula is C15H19N3O2S. The molecule has 2 N–H and O–H groups in total. The molecule has 0 saturated carbocycles. The van der Waals surface area contributed by atoms with Crippen molar-refractivity contribution in [3.8, 4) is 0 Å². The van der Waals surface area contributed by atoms with E-state index < -0.39 is 10.0 Å². The zero-order chi connectivity index (χ0) is 15.3. The molecule has 112 valence electrons. The summed E-state index contributed by atoms with van der Waals surface area (Å²) in [6.45, 7) is 4.75. The lowest BCUT2D eigenvalue weighted by Gasteiger charge is -2.11. The van der Waals surface area contributed by atoms with Gasteiger partial charge in [-0.3, -0.25) is 9.71 Å². The molecule has 0 aliphatic rings. The molecule has 0 unspecified atom stereocenters. The van der Waals surface area contributed by atoms with Gasteiger partial charge in [-0.2, -0.15) is 0 Å². The van der Waals surface area contributed by atoms with Crippen molar-refractivity contribution in [2.45, 2.75) is 25.2 Å². The third-order valence-corrected chi connectivity index (χ3v) is 4.39. The highest BCUT2D eigenvalue weighted by Crippen LogP contribution is 2.20. The zero-order valence-electron chi connectivity index (χ0n) is 12.1. The van der Waals surface area contributed by atoms with E-state index in [1.807, 2.05) is 6.92 Å². The van der Waals surface area contributed by atoms with E-state index in [0.717, 1.165) is 24.2 Å². The van der Waals surface area contributed by atoms with E-state index in [2.05, 4.69) is 21.9 Å². The second-order valence-corrected chi connectivity index (χ2v) is 6.43. The predicted molar refractivity (Wildman–Crippen MR) is 85.0 cm³/mol. The van der Waals surface area contributed by atoms with Gasteiger partial charge in [-0.15, -0.1) is 0 Å². The van der Waals surface area contributed by atoms with Crippen molar-refractivity contribution in [3.05, 3.63) is 48.3 Å². The number of nitrogens with one attached hydrogen (secondary N) is 2. The zero-order valence-corrected chi connectivity index (χ0v) is 12.9. The highest BCUT2D eigenvalue weighted by molar-refractivity contribution is 7.92. The first-order chi connectivity index (χ1) is 10.0. The Morgan fingerprint density at radius 1 is 1.14 bits per heavy atom. The standard InChI is InChI=1S/C15H19N3O2S/c1-3-9-17-13-4-6-14(7-5-13)21(19,20)18-15-8-10-16-11-12(15)2/h4-8,10-11,17H,3,9H2,1-2H3,(H,16,18). The molecule has 6 heteroatoms. The summed E-state index contributed by atoms with van der Waals surface area (Å²) in [6.07, 6.45) is 4.20. The van der Waals surface area contributed by atoms with E-state index in [1.165, 1.54) is 0 Å². The van der Waals surface area contributed by atoms with Crippen LogP contribution in [0.25, 0.3) is 0 Å². The van der Waals surface area contributed by atoms with E-state index in [1.54, 1.807) is 42.7 Å². The number of benzene rings is 1. The van der Waals surface area contributed by atoms with Crippen molar-refractivity contribution in [1.29, 1.82) is 0 Å². The normalized spacial score (nSPS) is 11.1. The van der Waals surface area contributed by atoms with Crippen LogP contribution < -0.4 is 10.0 Å². The summed E-state index contributed by atoms with van der Waals surface area (Å²) in [7, 11) is -3.58. The van der Waals surface area contributed by atoms with Crippen LogP contribution in [-0.4, -0.2) is 19.9 Å². The first-order valence-corrected chi connectivity index (χ1v) is 8.28. The average molecular weight is 305 g/mol. The van der Waals surface area contributed by atoms with Crippen molar-refractivity contribution in [1.82, 2.24) is 4.98 Å². The molecule has 1 aromatic carbocycles. The Morgan fingerprint density at radius 2 is 1.86 bits per heavy atom. The molecule has 0 saturated heterocycles. The number of hydrogen-bond acceptors (Lipinski definition) is 4. The summed E-state index contributed by atoms with van der Waals surface area (Å²) in [5, 5.41) is 3.21. The fraction of sp³-hybridized carbons (Fsp3) is 0.267. The van der Waals surface area contributed by atoms with E-state index >= 15 is 0 Å². The molecule has 1 heterocycles. The van der Waals surface area contributed by atoms with Gasteiger partial charge in [0, 0.05) is 24.6 Å². The molecule has 21 heavy (non-hydrogen) atoms. The second kappa shape index (κ2) is 6.58. The second-order valence-electron chi connectivity index (χ2n) is 4.75. The molecular weight excluding hydrogens is 286 g/mol. The van der Waals surface area contributed by atoms with Gasteiger partial charge >= 0.3 is 0 Å². The Labute approximate surface area is 125 Å². The van der Waals surface area contributed by atoms with E-state index in [4.69, 9.17) is 0 Å². The van der Waals surface area contributed by atoms with Gasteiger partial charge < -0.3 is 5.32 Å². The smallest absolute Gasteiger partial charge is 0.261 e. The van der Waals surface area contributed by atoms with Crippen LogP contribution in [0.3, 0.4) is 0 Å². The molecule has 2 rings (SSSR count). The molecule has 2 aromatic rings. The quantitative estimate of drug-likeness (QED) is 0.860. The number of rotatable bonds is 6. The van der Waals surface area contributed by atoms with Crippen LogP contribution in [0.5, 0.6) is 0 Å². The molecule has 1 aromatic heterocycles. The molecule has 0 bridgehead atoms. The van der Waals surface area contributed by atoms with Crippen LogP contribution in [-0.2, 0) is 10.0 Å². The minimum Gasteiger partial charge on any atom is -0.385 e. The number of aromatic nitrogens is 1. The SMILES string of the molecule is CCCNc1ccc(S(=O)(=O)Nc2ccncc2C)cc1. The molecule has 0 spiro atoms. The number of sulfonamides is 1. The maximum absolute atomic E-state index is 12.3. The molecule has 5 nitrogen and oxygen atoms in total. The fourth-order valence-electron chi connectivity index (χ4n) is 1.81. The number of hydrogen-bond donors (Lipinski definition) is 2. The summed E-state index contributed by atoms with van der Waals surface area (Å²) in [5.41, 5.74) is 2.23. The third kappa shape index (κ3) is 3.95. The van der Waals surface area contributed by atoms with Crippen LogP contribution in [0.1, 0.15) is 18.9 Å². The monoisotopic (exact) mass is 305 g/mol. The molecule has 0 radical (unpaired) electrons. The number of nitrogens with zero attached hydrogens (tertiary/aromatic N) is 1. The van der Waals surface area contributed by atoms with E-state index in [9.17, 15) is 8.42 Å². The Balaban J connectivity index is 2.18. The van der Waals surface area contributed by atoms with E-state index in [0.29, 0.717) is 5.69 Å². The predicted octanol–water partition coefficient (Wildman–Crippen LogP) is 3.01. The van der Waals surface area contributed by atoms with Crippen LogP contribution in [0, 0.1) is 6.92 Å². The van der Waals surface area contributed by atoms with Crippen LogP contribution >= 0.6 is 0 Å². The third-order valence-electron chi connectivity index (χ3n) is 3.01. The van der Waals surface area contributed by atoms with Gasteiger partial charge in [-0.1, -0.05) is 6.92 Å². The van der Waals surface area contributed by atoms with Crippen LogP contribution in [0.4, 0.5) is 11.4 Å². The summed E-state index contributed by atoms with van der Waals surface area (Å²) in [4.78, 5) is 4.18. The summed E-state index contributed by atoms with van der Waals surface area (Å²) in [6, 6.07) is 8.37. The van der Waals surface area contributed by atoms with Crippen molar-refractivity contribution >= 4 is 21.4 Å². The Hall–Kier alpha value is -2.08. The molecule has 0 atom stereocenters. The fourth-order valence-corrected chi connectivity index (χ4v) is 2.94. The summed E-state index contributed by atoms with van der Waals surface area (Å²) >= 11 is 0. The number of anilines is 2. The first kappa shape index (κ1) is 15.3. The molecule has 0 amide bonds. The maximum Gasteiger partial charge on any atom is 0.261 e. The molecule has 0 fully saturated rings. The van der Waals surface area contributed by atoms with Gasteiger partial charge in [0.15, 0.2) is 0 Å². The Kier molecular flexibility index (Phi) is 4.80. The average Bonchev–Trinajstić information content (AvgIpc) is 2.48. The molecule has 0 aliphatic carbocycles. The van der Waals surface area contributed by atoms with Gasteiger partial charge in [0.2, 0.25) is 0 Å². The van der Waals surface area contributed by atoms with Gasteiger partial charge in [0.25, 0.3) is 10.0 Å². The topological polar surface area (TPSA) is 71.1 Å². The lowest BCUT2D eigenvalue weighted by atomic mass is 10.3. The largest absolute Gasteiger partial charge is 0.385 e. The highest BCUT2D eigenvalue weighted by atomic mass is 32.2. The van der Waals surface area contributed by atoms with Crippen molar-refractivity contribution < 1.29 is 8.42 Å². The number of pyridine rings is 1. The summed E-state index contributed by atoms with van der Waals surface area (Å²) in [5.74, 6) is 0. The lowest BCUT2D eigenvalue weighted by Crippen LogP contribution is -2.14. The van der Waals surface area contributed by atoms with Crippen molar-refractivity contribution in [2.75, 3.05) is 16.6 Å². The minimum atomic E-state index is -3.58. The number of aryl methyl sites for hydroxylation is 1. The van der Waals surface area contributed by atoms with Crippen LogP contribution in [0.15, 0.2) is 47.6 Å². The first-order valence-electron chi connectivity index (χ1n) is 6.80. The van der Waals surface area contributed by atoms with Crippen molar-refractivity contribution in [3.63, 3.8) is 0 Å². The lowest BCUT2D eigenvalue weighted by molar-refractivity contribution is 0.601. The van der Waals surface area contributed by atoms with Crippen molar-refractivity contribution in [2.24, 2.45) is 0 Å². The Morgan fingerprint density at radius 3 is 2.48 bits per heavy atom.